The molecule has 0 saturated carbocycles. The molecule has 0 amide bonds. The third-order valence-electron chi connectivity index (χ3n) is 1.44. The smallest absolute Gasteiger partial charge is 0.339 e. The second-order valence-corrected chi connectivity index (χ2v) is 2.23. The summed E-state index contributed by atoms with van der Waals surface area (Å²) in [6.07, 6.45) is -1.56. The summed E-state index contributed by atoms with van der Waals surface area (Å²) in [7, 11) is -2.83. The molecular formula is C9H10O3. The van der Waals surface area contributed by atoms with Crippen LogP contribution >= 0.6 is 0 Å². The van der Waals surface area contributed by atoms with E-state index in [1.54, 1.807) is 18.2 Å². The van der Waals surface area contributed by atoms with Gasteiger partial charge in [0.25, 0.3) is 0 Å². The summed E-state index contributed by atoms with van der Waals surface area (Å²) in [6, 6.07) is 7.98. The van der Waals surface area contributed by atoms with Gasteiger partial charge in [-0.3, -0.25) is 0 Å². The Balaban J connectivity index is 2.70. The predicted octanol–water partition coefficient (Wildman–Crippen LogP) is 0.893. The van der Waals surface area contributed by atoms with E-state index in [0.717, 1.165) is 0 Å². The number of hydrogen-bond acceptors (Lipinski definition) is 3. The van der Waals surface area contributed by atoms with Crippen LogP contribution in [0.4, 0.5) is 0 Å². The van der Waals surface area contributed by atoms with Gasteiger partial charge >= 0.3 is 5.97 Å². The molecule has 0 saturated heterocycles. The Morgan fingerprint density at radius 1 is 1.58 bits per heavy atom. The van der Waals surface area contributed by atoms with Crippen molar-refractivity contribution >= 4 is 5.97 Å². The lowest BCUT2D eigenvalue weighted by atomic mass is 10.1. The number of carbonyl (C=O) groups is 1. The molecule has 1 aromatic carbocycles. The van der Waals surface area contributed by atoms with Gasteiger partial charge in [0, 0.05) is 0 Å². The number of benzene rings is 1. The Kier molecular flexibility index (Phi) is 1.72. The minimum absolute atomic E-state index is 0.298. The first-order valence-electron chi connectivity index (χ1n) is 4.86. The number of hydrogen-bond donors (Lipinski definition) is 1. The molecule has 0 aliphatic heterocycles. The first-order chi connectivity index (χ1) is 6.90. The van der Waals surface area contributed by atoms with Crippen LogP contribution in [0.1, 0.15) is 15.8 Å². The van der Waals surface area contributed by atoms with Crippen molar-refractivity contribution in [1.29, 1.82) is 0 Å². The second kappa shape index (κ2) is 3.88. The van der Waals surface area contributed by atoms with Gasteiger partial charge in [0.05, 0.1) is 11.2 Å². The molecule has 0 fully saturated rings. The predicted molar refractivity (Wildman–Crippen MR) is 43.4 cm³/mol. The van der Waals surface area contributed by atoms with Gasteiger partial charge in [-0.2, -0.15) is 0 Å². The molecule has 12 heavy (non-hydrogen) atoms. The number of esters is 1. The summed E-state index contributed by atoms with van der Waals surface area (Å²) < 4.78 is 24.2. The maximum absolute atomic E-state index is 11.1. The molecule has 1 N–H and O–H groups in total. The summed E-state index contributed by atoms with van der Waals surface area (Å²) in [5, 5.41) is 9.43. The van der Waals surface area contributed by atoms with Crippen LogP contribution in [0.2, 0.25) is 0 Å². The number of carbonyl (C=O) groups excluding carboxylic acids is 1. The van der Waals surface area contributed by atoms with Gasteiger partial charge in [-0.15, -0.1) is 0 Å². The summed E-state index contributed by atoms with van der Waals surface area (Å²) in [6.45, 7) is 0. The van der Waals surface area contributed by atoms with Crippen molar-refractivity contribution in [1.82, 2.24) is 0 Å². The highest BCUT2D eigenvalue weighted by Crippen LogP contribution is 2.12. The third kappa shape index (κ3) is 1.83. The molecule has 3 heteroatoms. The maximum Gasteiger partial charge on any atom is 0.339 e. The third-order valence-corrected chi connectivity index (χ3v) is 1.44. The number of aliphatic hydroxyl groups is 1. The first-order valence-corrected chi connectivity index (χ1v) is 3.36. The van der Waals surface area contributed by atoms with Crippen molar-refractivity contribution in [2.24, 2.45) is 0 Å². The average molecular weight is 169 g/mol. The zero-order valence-corrected chi connectivity index (χ0v) is 6.23. The van der Waals surface area contributed by atoms with Crippen molar-refractivity contribution < 1.29 is 18.8 Å². The van der Waals surface area contributed by atoms with Crippen molar-refractivity contribution in [3.63, 3.8) is 0 Å². The van der Waals surface area contributed by atoms with E-state index in [4.69, 9.17) is 4.11 Å². The van der Waals surface area contributed by atoms with Crippen LogP contribution in [0.3, 0.4) is 0 Å². The lowest BCUT2D eigenvalue weighted by Crippen LogP contribution is -2.13. The van der Waals surface area contributed by atoms with E-state index in [0.29, 0.717) is 5.56 Å². The Hall–Kier alpha value is -1.35. The van der Waals surface area contributed by atoms with E-state index in [1.807, 2.05) is 0 Å². The molecule has 0 unspecified atom stereocenters. The number of methoxy groups -OCH3 is 1. The van der Waals surface area contributed by atoms with Crippen LogP contribution in [0.25, 0.3) is 0 Å². The lowest BCUT2D eigenvalue weighted by molar-refractivity contribution is -0.150. The van der Waals surface area contributed by atoms with Gasteiger partial charge in [0.1, 0.15) is 0 Å². The van der Waals surface area contributed by atoms with Crippen molar-refractivity contribution in [2.75, 3.05) is 7.04 Å². The monoisotopic (exact) mass is 169 g/mol. The van der Waals surface area contributed by atoms with E-state index in [-0.39, 0.29) is 0 Å². The average Bonchev–Trinajstić information content (AvgIpc) is 2.15. The standard InChI is InChI=1S/C9H10O3/c1-12-9(11)8(10)7-5-3-2-4-6-7/h2-6,8,10H,1H3/t8-/m0/s1/i1D3. The van der Waals surface area contributed by atoms with Crippen molar-refractivity contribution in [3.05, 3.63) is 35.9 Å². The minimum Gasteiger partial charge on any atom is -0.467 e. The molecule has 0 aromatic heterocycles. The Morgan fingerprint density at radius 2 is 2.25 bits per heavy atom. The van der Waals surface area contributed by atoms with E-state index in [2.05, 4.69) is 4.74 Å². The topological polar surface area (TPSA) is 46.5 Å². The number of ether oxygens (including phenoxy) is 1. The molecule has 1 aromatic rings. The SMILES string of the molecule is [2H]C([2H])([2H])OC(=O)[C@@H](O)c1ccccc1. The van der Waals surface area contributed by atoms with Crippen molar-refractivity contribution in [3.8, 4) is 0 Å². The molecule has 0 aliphatic rings. The van der Waals surface area contributed by atoms with E-state index in [1.165, 1.54) is 12.1 Å². The number of aliphatic hydroxyl groups excluding tert-OH is 1. The fourth-order valence-corrected chi connectivity index (χ4v) is 0.827. The van der Waals surface area contributed by atoms with Crippen LogP contribution in [-0.4, -0.2) is 18.1 Å². The first kappa shape index (κ1) is 5.32. The number of rotatable bonds is 2. The largest absolute Gasteiger partial charge is 0.467 e. The molecule has 0 aliphatic carbocycles. The fourth-order valence-electron chi connectivity index (χ4n) is 0.827. The van der Waals surface area contributed by atoms with Crippen LogP contribution in [0, 0.1) is 0 Å². The van der Waals surface area contributed by atoms with Gasteiger partial charge in [0.2, 0.25) is 0 Å². The highest BCUT2D eigenvalue weighted by atomic mass is 16.5. The quantitative estimate of drug-likeness (QED) is 0.669. The Morgan fingerprint density at radius 3 is 2.83 bits per heavy atom. The molecule has 0 spiro atoms. The van der Waals surface area contributed by atoms with Gasteiger partial charge < -0.3 is 9.84 Å². The molecule has 1 rings (SSSR count). The van der Waals surface area contributed by atoms with E-state index < -0.39 is 19.1 Å². The highest BCUT2D eigenvalue weighted by Gasteiger charge is 2.16. The molecule has 64 valence electrons. The molecule has 3 nitrogen and oxygen atoms in total. The second-order valence-electron chi connectivity index (χ2n) is 2.23. The van der Waals surface area contributed by atoms with Crippen LogP contribution < -0.4 is 0 Å². The maximum atomic E-state index is 11.1. The Bertz CT molecular complexity index is 334. The van der Waals surface area contributed by atoms with E-state index in [9.17, 15) is 9.90 Å². The van der Waals surface area contributed by atoms with Gasteiger partial charge in [-0.1, -0.05) is 30.3 Å². The summed E-state index contributed by atoms with van der Waals surface area (Å²) in [5.41, 5.74) is 0.298. The highest BCUT2D eigenvalue weighted by molar-refractivity contribution is 5.75. The summed E-state index contributed by atoms with van der Waals surface area (Å²) in [5.74, 6) is -1.18. The summed E-state index contributed by atoms with van der Waals surface area (Å²) in [4.78, 5) is 11.1. The zero-order valence-electron chi connectivity index (χ0n) is 9.23. The molecule has 0 heterocycles. The van der Waals surface area contributed by atoms with Gasteiger partial charge in [0.15, 0.2) is 6.10 Å². The van der Waals surface area contributed by atoms with Gasteiger partial charge in [-0.05, 0) is 5.56 Å². The molecular weight excluding hydrogens is 156 g/mol. The van der Waals surface area contributed by atoms with Crippen LogP contribution in [-0.2, 0) is 9.53 Å². The Labute approximate surface area is 74.8 Å². The van der Waals surface area contributed by atoms with Crippen molar-refractivity contribution in [2.45, 2.75) is 6.10 Å². The normalized spacial score (nSPS) is 16.9. The van der Waals surface area contributed by atoms with E-state index >= 15 is 0 Å². The zero-order chi connectivity index (χ0) is 11.5. The van der Waals surface area contributed by atoms with Gasteiger partial charge in [-0.25, -0.2) is 4.79 Å². The molecule has 0 radical (unpaired) electrons. The molecule has 0 bridgehead atoms. The lowest BCUT2D eigenvalue weighted by Gasteiger charge is -2.07. The van der Waals surface area contributed by atoms with Crippen LogP contribution in [0.15, 0.2) is 30.3 Å². The summed E-state index contributed by atoms with van der Waals surface area (Å²) >= 11 is 0. The van der Waals surface area contributed by atoms with Crippen LogP contribution in [0.5, 0.6) is 0 Å². The molecule has 1 atom stereocenters. The minimum atomic E-state index is -2.83. The fraction of sp³-hybridized carbons (Fsp3) is 0.222.